The predicted molar refractivity (Wildman–Crippen MR) is 146 cm³/mol. The zero-order valence-electron chi connectivity index (χ0n) is 22.3. The maximum absolute atomic E-state index is 13.2. The van der Waals surface area contributed by atoms with Crippen molar-refractivity contribution in [1.82, 2.24) is 25.3 Å². The first-order valence-electron chi connectivity index (χ1n) is 14.0. The van der Waals surface area contributed by atoms with E-state index in [1.165, 1.54) is 6.42 Å². The summed E-state index contributed by atoms with van der Waals surface area (Å²) in [5, 5.41) is 6.80. The molecule has 2 heterocycles. The van der Waals surface area contributed by atoms with Crippen molar-refractivity contribution in [2.75, 3.05) is 32.7 Å². The number of nitrogens with zero attached hydrogens (tertiary/aromatic N) is 3. The molecule has 1 saturated carbocycles. The van der Waals surface area contributed by atoms with Crippen molar-refractivity contribution < 1.29 is 14.4 Å². The van der Waals surface area contributed by atoms with Crippen LogP contribution in [-0.4, -0.2) is 77.5 Å². The molecule has 8 heteroatoms. The maximum atomic E-state index is 13.2. The summed E-state index contributed by atoms with van der Waals surface area (Å²) >= 11 is 0. The van der Waals surface area contributed by atoms with Crippen molar-refractivity contribution in [3.05, 3.63) is 71.3 Å². The minimum absolute atomic E-state index is 0.0404. The number of amides is 3. The van der Waals surface area contributed by atoms with Crippen molar-refractivity contribution in [2.24, 2.45) is 5.92 Å². The van der Waals surface area contributed by atoms with E-state index in [1.54, 1.807) is 6.92 Å². The van der Waals surface area contributed by atoms with Crippen LogP contribution in [0.4, 0.5) is 0 Å². The van der Waals surface area contributed by atoms with Crippen LogP contribution in [-0.2, 0) is 22.6 Å². The molecule has 2 saturated heterocycles. The Bertz CT molecular complexity index is 1110. The number of carbonyl (C=O) groups excluding carboxylic acids is 3. The lowest BCUT2D eigenvalue weighted by molar-refractivity contribution is -0.134. The van der Waals surface area contributed by atoms with Gasteiger partial charge in [-0.05, 0) is 42.5 Å². The molecule has 0 bridgehead atoms. The maximum Gasteiger partial charge on any atom is 0.253 e. The topological polar surface area (TPSA) is 85.0 Å². The molecule has 5 rings (SSSR count). The van der Waals surface area contributed by atoms with Gasteiger partial charge in [-0.2, -0.15) is 0 Å². The average Bonchev–Trinajstić information content (AvgIpc) is 2.95. The van der Waals surface area contributed by atoms with Gasteiger partial charge in [-0.15, -0.1) is 0 Å². The van der Waals surface area contributed by atoms with Crippen LogP contribution in [0.15, 0.2) is 54.6 Å². The molecule has 38 heavy (non-hydrogen) atoms. The van der Waals surface area contributed by atoms with Gasteiger partial charge in [0.05, 0.1) is 5.92 Å². The van der Waals surface area contributed by atoms with Crippen molar-refractivity contribution in [1.29, 1.82) is 0 Å². The van der Waals surface area contributed by atoms with E-state index in [4.69, 9.17) is 0 Å². The minimum atomic E-state index is -0.144. The van der Waals surface area contributed by atoms with E-state index in [2.05, 4.69) is 15.5 Å². The molecule has 3 fully saturated rings. The van der Waals surface area contributed by atoms with Crippen LogP contribution in [0.1, 0.15) is 54.1 Å². The molecule has 2 aromatic carbocycles. The highest BCUT2D eigenvalue weighted by Gasteiger charge is 2.40. The van der Waals surface area contributed by atoms with Gasteiger partial charge in [0.25, 0.3) is 5.91 Å². The Morgan fingerprint density at radius 2 is 1.63 bits per heavy atom. The first-order valence-corrected chi connectivity index (χ1v) is 14.0. The third-order valence-corrected chi connectivity index (χ3v) is 8.25. The Hall–Kier alpha value is -3.23. The molecule has 3 aliphatic rings. The van der Waals surface area contributed by atoms with Crippen LogP contribution in [0.25, 0.3) is 0 Å². The van der Waals surface area contributed by atoms with Crippen LogP contribution >= 0.6 is 0 Å². The van der Waals surface area contributed by atoms with Gasteiger partial charge < -0.3 is 15.1 Å². The number of benzene rings is 2. The van der Waals surface area contributed by atoms with Gasteiger partial charge in [-0.1, -0.05) is 55.3 Å². The minimum Gasteiger partial charge on any atom is -0.338 e. The Labute approximate surface area is 225 Å². The smallest absolute Gasteiger partial charge is 0.253 e. The van der Waals surface area contributed by atoms with Crippen LogP contribution < -0.4 is 10.6 Å². The number of carbonyl (C=O) groups is 3. The first kappa shape index (κ1) is 26.4. The van der Waals surface area contributed by atoms with E-state index < -0.39 is 0 Å². The quantitative estimate of drug-likeness (QED) is 0.590. The molecule has 8 nitrogen and oxygen atoms in total. The summed E-state index contributed by atoms with van der Waals surface area (Å²) in [6, 6.07) is 18.0. The second-order valence-electron chi connectivity index (χ2n) is 10.8. The van der Waals surface area contributed by atoms with Gasteiger partial charge in [0.2, 0.25) is 11.8 Å². The van der Waals surface area contributed by atoms with Crippen molar-refractivity contribution in [3.8, 4) is 0 Å². The molecule has 202 valence electrons. The summed E-state index contributed by atoms with van der Waals surface area (Å²) < 4.78 is 0. The Morgan fingerprint density at radius 3 is 2.34 bits per heavy atom. The summed E-state index contributed by atoms with van der Waals surface area (Å²) in [4.78, 5) is 43.9. The highest BCUT2D eigenvalue weighted by atomic mass is 16.2. The van der Waals surface area contributed by atoms with E-state index in [9.17, 15) is 14.4 Å². The second-order valence-corrected chi connectivity index (χ2v) is 10.8. The van der Waals surface area contributed by atoms with E-state index in [-0.39, 0.29) is 36.0 Å². The van der Waals surface area contributed by atoms with Gasteiger partial charge in [0, 0.05) is 57.8 Å². The standard InChI is InChI=1S/C30H39N5O3/c1-22(36)35(21-24-7-3-2-4-8-24)16-15-23-11-13-25(14-12-23)29(38)33-17-19-34(20-18-33)30-31-27-10-6-5-9-26(27)28(37)32-30/h2-4,7-8,11-14,26-27,30-31H,5-6,9-10,15-21H2,1H3,(H,32,37). The Morgan fingerprint density at radius 1 is 0.921 bits per heavy atom. The lowest BCUT2D eigenvalue weighted by Crippen LogP contribution is -2.69. The molecule has 0 spiro atoms. The average molecular weight is 518 g/mol. The molecule has 3 atom stereocenters. The molecule has 0 aromatic heterocycles. The molecule has 2 N–H and O–H groups in total. The third kappa shape index (κ3) is 6.25. The number of rotatable bonds is 7. The van der Waals surface area contributed by atoms with Crippen LogP contribution in [0.3, 0.4) is 0 Å². The summed E-state index contributed by atoms with van der Waals surface area (Å²) in [5.41, 5.74) is 2.90. The predicted octanol–water partition coefficient (Wildman–Crippen LogP) is 2.60. The number of fused-ring (bicyclic) bond motifs is 1. The Balaban J connectivity index is 1.10. The molecule has 0 radical (unpaired) electrons. The SMILES string of the molecule is CC(=O)N(CCc1ccc(C(=O)N2CCN(C3NC(=O)C4CCCCC4N3)CC2)cc1)Cc1ccccc1. The lowest BCUT2D eigenvalue weighted by Gasteiger charge is -2.46. The highest BCUT2D eigenvalue weighted by molar-refractivity contribution is 5.94. The van der Waals surface area contributed by atoms with E-state index in [1.807, 2.05) is 64.4 Å². The van der Waals surface area contributed by atoms with E-state index >= 15 is 0 Å². The molecule has 3 amide bonds. The fraction of sp³-hybridized carbons (Fsp3) is 0.500. The zero-order valence-corrected chi connectivity index (χ0v) is 22.3. The van der Waals surface area contributed by atoms with Crippen LogP contribution in [0, 0.1) is 5.92 Å². The number of hydrogen-bond donors (Lipinski definition) is 2. The number of nitrogens with one attached hydrogen (secondary N) is 2. The molecule has 2 aromatic rings. The molecule has 3 unspecified atom stereocenters. The summed E-state index contributed by atoms with van der Waals surface area (Å²) in [6.07, 6.45) is 4.94. The summed E-state index contributed by atoms with van der Waals surface area (Å²) in [5.74, 6) is 0.365. The van der Waals surface area contributed by atoms with Gasteiger partial charge in [0.15, 0.2) is 0 Å². The molecule has 1 aliphatic carbocycles. The number of hydrogen-bond acceptors (Lipinski definition) is 5. The Kier molecular flexibility index (Phi) is 8.39. The fourth-order valence-electron chi connectivity index (χ4n) is 5.92. The van der Waals surface area contributed by atoms with Crippen molar-refractivity contribution in [2.45, 2.75) is 57.9 Å². The largest absolute Gasteiger partial charge is 0.338 e. The molecular formula is C30H39N5O3. The van der Waals surface area contributed by atoms with Crippen molar-refractivity contribution in [3.63, 3.8) is 0 Å². The van der Waals surface area contributed by atoms with Crippen molar-refractivity contribution >= 4 is 17.7 Å². The fourth-order valence-corrected chi connectivity index (χ4v) is 5.92. The first-order chi connectivity index (χ1) is 18.5. The van der Waals surface area contributed by atoms with Gasteiger partial charge in [0.1, 0.15) is 6.29 Å². The normalized spacial score (nSPS) is 23.9. The number of piperazine rings is 1. The highest BCUT2D eigenvalue weighted by Crippen LogP contribution is 2.27. The molecule has 2 aliphatic heterocycles. The van der Waals surface area contributed by atoms with Gasteiger partial charge >= 0.3 is 0 Å². The van der Waals surface area contributed by atoms with E-state index in [0.717, 1.165) is 49.9 Å². The summed E-state index contributed by atoms with van der Waals surface area (Å²) in [6.45, 7) is 5.55. The van der Waals surface area contributed by atoms with E-state index in [0.29, 0.717) is 31.7 Å². The van der Waals surface area contributed by atoms with Gasteiger partial charge in [-0.25, -0.2) is 0 Å². The monoisotopic (exact) mass is 517 g/mol. The zero-order chi connectivity index (χ0) is 26.5. The molecular weight excluding hydrogens is 478 g/mol. The lowest BCUT2D eigenvalue weighted by atomic mass is 9.82. The van der Waals surface area contributed by atoms with Crippen LogP contribution in [0.5, 0.6) is 0 Å². The second kappa shape index (κ2) is 12.1. The third-order valence-electron chi connectivity index (χ3n) is 8.25. The van der Waals surface area contributed by atoms with Gasteiger partial charge in [-0.3, -0.25) is 24.6 Å². The van der Waals surface area contributed by atoms with Crippen LogP contribution in [0.2, 0.25) is 0 Å². The summed E-state index contributed by atoms with van der Waals surface area (Å²) in [7, 11) is 0.